The molecular formula is C11H21N. The van der Waals surface area contributed by atoms with E-state index in [-0.39, 0.29) is 0 Å². The molecule has 1 saturated carbocycles. The van der Waals surface area contributed by atoms with Crippen molar-refractivity contribution in [2.45, 2.75) is 32.6 Å². The van der Waals surface area contributed by atoms with E-state index in [1.54, 1.807) is 0 Å². The second kappa shape index (κ2) is 3.37. The van der Waals surface area contributed by atoms with E-state index >= 15 is 0 Å². The highest BCUT2D eigenvalue weighted by molar-refractivity contribution is 5.03. The maximum atomic E-state index is 2.49. The third kappa shape index (κ3) is 1.52. The minimum Gasteiger partial charge on any atom is -0.306 e. The van der Waals surface area contributed by atoms with Crippen LogP contribution in [0.25, 0.3) is 0 Å². The first-order chi connectivity index (χ1) is 5.83. The highest BCUT2D eigenvalue weighted by Crippen LogP contribution is 2.53. The van der Waals surface area contributed by atoms with Crippen LogP contribution in [0, 0.1) is 17.8 Å². The van der Waals surface area contributed by atoms with Gasteiger partial charge in [0, 0.05) is 13.1 Å². The molecule has 1 saturated heterocycles. The van der Waals surface area contributed by atoms with Crippen molar-refractivity contribution in [3.63, 3.8) is 0 Å². The number of unbranched alkanes of at least 4 members (excludes halogenated alkanes) is 2. The molecule has 0 aromatic heterocycles. The minimum absolute atomic E-state index is 1.10. The molecule has 0 aromatic rings. The van der Waals surface area contributed by atoms with Gasteiger partial charge in [-0.15, -0.1) is 0 Å². The maximum absolute atomic E-state index is 2.49. The third-order valence-corrected chi connectivity index (χ3v) is 3.69. The van der Waals surface area contributed by atoms with Crippen LogP contribution in [0.2, 0.25) is 0 Å². The first-order valence-electron chi connectivity index (χ1n) is 5.51. The van der Waals surface area contributed by atoms with E-state index in [4.69, 9.17) is 0 Å². The van der Waals surface area contributed by atoms with E-state index in [2.05, 4.69) is 18.9 Å². The van der Waals surface area contributed by atoms with Gasteiger partial charge in [0.15, 0.2) is 0 Å². The molecule has 0 unspecified atom stereocenters. The van der Waals surface area contributed by atoms with Crippen LogP contribution in [0.15, 0.2) is 0 Å². The summed E-state index contributed by atoms with van der Waals surface area (Å²) in [7, 11) is 2.26. The second-order valence-corrected chi connectivity index (χ2v) is 4.71. The van der Waals surface area contributed by atoms with Gasteiger partial charge in [-0.3, -0.25) is 0 Å². The van der Waals surface area contributed by atoms with Crippen molar-refractivity contribution in [2.75, 3.05) is 20.1 Å². The number of hydrogen-bond donors (Lipinski definition) is 0. The van der Waals surface area contributed by atoms with Crippen LogP contribution in [0.4, 0.5) is 0 Å². The van der Waals surface area contributed by atoms with Crippen LogP contribution >= 0.6 is 0 Å². The van der Waals surface area contributed by atoms with Gasteiger partial charge in [0.05, 0.1) is 0 Å². The number of hydrogen-bond acceptors (Lipinski definition) is 1. The first kappa shape index (κ1) is 8.55. The monoisotopic (exact) mass is 167 g/mol. The van der Waals surface area contributed by atoms with Crippen LogP contribution in [0.3, 0.4) is 0 Å². The van der Waals surface area contributed by atoms with Gasteiger partial charge in [0.2, 0.25) is 0 Å². The molecule has 1 aliphatic heterocycles. The lowest BCUT2D eigenvalue weighted by Crippen LogP contribution is -2.18. The van der Waals surface area contributed by atoms with E-state index in [1.807, 2.05) is 0 Å². The zero-order chi connectivity index (χ0) is 8.55. The fourth-order valence-corrected chi connectivity index (χ4v) is 2.92. The average Bonchev–Trinajstić information content (AvgIpc) is 2.53. The third-order valence-electron chi connectivity index (χ3n) is 3.69. The van der Waals surface area contributed by atoms with Crippen LogP contribution < -0.4 is 0 Å². The Morgan fingerprint density at radius 1 is 1.17 bits per heavy atom. The fraction of sp³-hybridized carbons (Fsp3) is 1.00. The van der Waals surface area contributed by atoms with Gasteiger partial charge in [-0.2, -0.15) is 0 Å². The summed E-state index contributed by atoms with van der Waals surface area (Å²) in [5.74, 6) is 3.34. The van der Waals surface area contributed by atoms with Crippen molar-refractivity contribution in [3.8, 4) is 0 Å². The Morgan fingerprint density at radius 2 is 1.83 bits per heavy atom. The molecular weight excluding hydrogens is 146 g/mol. The summed E-state index contributed by atoms with van der Waals surface area (Å²) in [6.45, 7) is 5.07. The molecule has 1 heterocycles. The van der Waals surface area contributed by atoms with Gasteiger partial charge in [-0.1, -0.05) is 26.2 Å². The van der Waals surface area contributed by atoms with Crippen molar-refractivity contribution in [1.29, 1.82) is 0 Å². The highest BCUT2D eigenvalue weighted by Gasteiger charge is 2.53. The lowest BCUT2D eigenvalue weighted by Gasteiger charge is -2.12. The summed E-state index contributed by atoms with van der Waals surface area (Å²) in [5.41, 5.74) is 0. The van der Waals surface area contributed by atoms with Crippen molar-refractivity contribution < 1.29 is 0 Å². The lowest BCUT2D eigenvalue weighted by molar-refractivity contribution is 0.336. The Balaban J connectivity index is 1.62. The molecule has 2 rings (SSSR count). The molecule has 2 aliphatic rings. The molecule has 70 valence electrons. The summed E-state index contributed by atoms with van der Waals surface area (Å²) in [6.07, 6.45) is 5.84. The van der Waals surface area contributed by atoms with E-state index in [0.717, 1.165) is 17.8 Å². The Bertz CT molecular complexity index is 143. The SMILES string of the molecule is CCCCC[C@@H]1[C@H]2CN(C)C[C@@H]12. The van der Waals surface area contributed by atoms with Crippen LogP contribution in [-0.2, 0) is 0 Å². The maximum Gasteiger partial charge on any atom is 0.00127 e. The van der Waals surface area contributed by atoms with Gasteiger partial charge in [-0.05, 0) is 31.2 Å². The summed E-state index contributed by atoms with van der Waals surface area (Å²) in [6, 6.07) is 0. The number of piperidine rings is 1. The normalized spacial score (nSPS) is 40.0. The Labute approximate surface area is 76.1 Å². The second-order valence-electron chi connectivity index (χ2n) is 4.71. The van der Waals surface area contributed by atoms with Crippen LogP contribution in [-0.4, -0.2) is 25.0 Å². The molecule has 1 heteroatoms. The Morgan fingerprint density at radius 3 is 2.42 bits per heavy atom. The van der Waals surface area contributed by atoms with Gasteiger partial charge < -0.3 is 4.90 Å². The van der Waals surface area contributed by atoms with Crippen molar-refractivity contribution in [3.05, 3.63) is 0 Å². The van der Waals surface area contributed by atoms with Crippen molar-refractivity contribution >= 4 is 0 Å². The van der Waals surface area contributed by atoms with Gasteiger partial charge in [-0.25, -0.2) is 0 Å². The molecule has 0 aromatic carbocycles. The molecule has 0 N–H and O–H groups in total. The molecule has 1 nitrogen and oxygen atoms in total. The zero-order valence-electron chi connectivity index (χ0n) is 8.42. The van der Waals surface area contributed by atoms with Crippen molar-refractivity contribution in [2.24, 2.45) is 17.8 Å². The van der Waals surface area contributed by atoms with E-state index in [1.165, 1.54) is 38.8 Å². The van der Waals surface area contributed by atoms with Gasteiger partial charge in [0.1, 0.15) is 0 Å². The number of likely N-dealkylation sites (tertiary alicyclic amines) is 1. The quantitative estimate of drug-likeness (QED) is 0.581. The molecule has 0 radical (unpaired) electrons. The lowest BCUT2D eigenvalue weighted by atomic mass is 10.1. The first-order valence-corrected chi connectivity index (χ1v) is 5.51. The van der Waals surface area contributed by atoms with E-state index in [0.29, 0.717) is 0 Å². The Kier molecular flexibility index (Phi) is 2.40. The predicted molar refractivity (Wildman–Crippen MR) is 52.1 cm³/mol. The van der Waals surface area contributed by atoms with Crippen LogP contribution in [0.5, 0.6) is 0 Å². The minimum atomic E-state index is 1.10. The summed E-state index contributed by atoms with van der Waals surface area (Å²) >= 11 is 0. The van der Waals surface area contributed by atoms with Crippen molar-refractivity contribution in [1.82, 2.24) is 4.90 Å². The summed E-state index contributed by atoms with van der Waals surface area (Å²) < 4.78 is 0. The standard InChI is InChI=1S/C11H21N/c1-3-4-5-6-9-10-7-12(2)8-11(9)10/h9-11H,3-8H2,1-2H3/t9-,10-,11+. The molecule has 0 spiro atoms. The van der Waals surface area contributed by atoms with Gasteiger partial charge >= 0.3 is 0 Å². The van der Waals surface area contributed by atoms with E-state index < -0.39 is 0 Å². The predicted octanol–water partition coefficient (Wildman–Crippen LogP) is 2.37. The molecule has 0 amide bonds. The summed E-state index contributed by atoms with van der Waals surface area (Å²) in [4.78, 5) is 2.49. The number of rotatable bonds is 4. The molecule has 2 fully saturated rings. The molecule has 0 bridgehead atoms. The zero-order valence-corrected chi connectivity index (χ0v) is 8.42. The van der Waals surface area contributed by atoms with Gasteiger partial charge in [0.25, 0.3) is 0 Å². The largest absolute Gasteiger partial charge is 0.306 e. The number of fused-ring (bicyclic) bond motifs is 1. The molecule has 3 atom stereocenters. The number of nitrogens with zero attached hydrogens (tertiary/aromatic N) is 1. The fourth-order valence-electron chi connectivity index (χ4n) is 2.92. The molecule has 1 aliphatic carbocycles. The highest BCUT2D eigenvalue weighted by atomic mass is 15.2. The average molecular weight is 167 g/mol. The van der Waals surface area contributed by atoms with Crippen LogP contribution in [0.1, 0.15) is 32.6 Å². The smallest absolute Gasteiger partial charge is 0.00127 e. The topological polar surface area (TPSA) is 3.24 Å². The molecule has 12 heavy (non-hydrogen) atoms. The summed E-state index contributed by atoms with van der Waals surface area (Å²) in [5, 5.41) is 0. The van der Waals surface area contributed by atoms with E-state index in [9.17, 15) is 0 Å². The Hall–Kier alpha value is -0.0400.